The number of fused-ring (bicyclic) bond motifs is 2. The summed E-state index contributed by atoms with van der Waals surface area (Å²) in [6.07, 6.45) is 2.09. The van der Waals surface area contributed by atoms with Crippen LogP contribution in [0.4, 0.5) is 8.78 Å². The summed E-state index contributed by atoms with van der Waals surface area (Å²) < 4.78 is 27.8. The van der Waals surface area contributed by atoms with E-state index in [4.69, 9.17) is 0 Å². The van der Waals surface area contributed by atoms with Crippen LogP contribution in [0.3, 0.4) is 0 Å². The van der Waals surface area contributed by atoms with Gasteiger partial charge in [0, 0.05) is 30.1 Å². The summed E-state index contributed by atoms with van der Waals surface area (Å²) in [6, 6.07) is 10.1. The Kier molecular flexibility index (Phi) is 4.12. The van der Waals surface area contributed by atoms with Gasteiger partial charge in [0.25, 0.3) is 5.91 Å². The van der Waals surface area contributed by atoms with Crippen LogP contribution in [0.15, 0.2) is 42.5 Å². The topological polar surface area (TPSA) is 43.8 Å². The number of phenolic OH excluding ortho intramolecular Hbond substituents is 1. The molecule has 0 aliphatic carbocycles. The normalized spacial score (nSPS) is 31.1. The van der Waals surface area contributed by atoms with Crippen LogP contribution in [0.5, 0.6) is 5.75 Å². The molecule has 6 rings (SSSR count). The standard InChI is InChI=1S/C22H22F2N2O2/c23-16-9-15(10-17(24)11-16)19-12-26(22(28)14-1-3-18(27)4-2-14)20-13-5-7-25(8-6-13)21(19)20/h1-4,9-11,13,19-21,27H,5-8,12H2/t19-,20+,21+/m0/s1. The summed E-state index contributed by atoms with van der Waals surface area (Å²) in [5.41, 5.74) is 1.15. The van der Waals surface area contributed by atoms with E-state index in [2.05, 4.69) is 4.90 Å². The van der Waals surface area contributed by atoms with Crippen molar-refractivity contribution in [3.63, 3.8) is 0 Å². The van der Waals surface area contributed by atoms with Gasteiger partial charge in [-0.05, 0) is 73.8 Å². The molecule has 0 unspecified atom stereocenters. The zero-order valence-corrected chi connectivity index (χ0v) is 15.4. The van der Waals surface area contributed by atoms with Crippen LogP contribution in [0.2, 0.25) is 0 Å². The Hall–Kier alpha value is -2.47. The fourth-order valence-electron chi connectivity index (χ4n) is 5.51. The number of carbonyl (C=O) groups is 1. The molecule has 4 saturated heterocycles. The first kappa shape index (κ1) is 17.6. The Labute approximate surface area is 162 Å². The quantitative estimate of drug-likeness (QED) is 0.863. The number of halogens is 2. The number of rotatable bonds is 2. The Morgan fingerprint density at radius 2 is 1.61 bits per heavy atom. The predicted molar refractivity (Wildman–Crippen MR) is 100 cm³/mol. The molecule has 4 nitrogen and oxygen atoms in total. The average Bonchev–Trinajstić information content (AvgIpc) is 3.11. The third kappa shape index (κ3) is 2.78. The summed E-state index contributed by atoms with van der Waals surface area (Å²) in [5.74, 6) is -0.814. The predicted octanol–water partition coefficient (Wildman–Crippen LogP) is 3.37. The maximum Gasteiger partial charge on any atom is 0.254 e. The van der Waals surface area contributed by atoms with Crippen LogP contribution in [0.1, 0.15) is 34.7 Å². The molecule has 4 heterocycles. The molecule has 0 spiro atoms. The molecule has 2 aromatic rings. The van der Waals surface area contributed by atoms with Crippen molar-refractivity contribution >= 4 is 5.91 Å². The van der Waals surface area contributed by atoms with E-state index in [1.807, 2.05) is 4.90 Å². The summed E-state index contributed by atoms with van der Waals surface area (Å²) in [5, 5.41) is 9.52. The second kappa shape index (κ2) is 6.55. The first-order chi connectivity index (χ1) is 13.5. The Morgan fingerprint density at radius 1 is 0.964 bits per heavy atom. The number of carbonyl (C=O) groups excluding carboxylic acids is 1. The monoisotopic (exact) mass is 384 g/mol. The SMILES string of the molecule is O=C(c1ccc(O)cc1)N1C[C@@H](c2cc(F)cc(F)c2)[C@@H]2[C@H]1C1CCN2CC1. The molecule has 0 radical (unpaired) electrons. The van der Waals surface area contributed by atoms with Gasteiger partial charge in [-0.3, -0.25) is 9.69 Å². The highest BCUT2D eigenvalue weighted by atomic mass is 19.1. The van der Waals surface area contributed by atoms with Gasteiger partial charge in [0.1, 0.15) is 17.4 Å². The van der Waals surface area contributed by atoms with Crippen molar-refractivity contribution in [2.75, 3.05) is 19.6 Å². The van der Waals surface area contributed by atoms with Crippen LogP contribution in [-0.2, 0) is 0 Å². The number of phenols is 1. The lowest BCUT2D eigenvalue weighted by molar-refractivity contribution is -0.00343. The van der Waals surface area contributed by atoms with Crippen molar-refractivity contribution in [2.45, 2.75) is 30.8 Å². The Balaban J connectivity index is 1.53. The maximum atomic E-state index is 13.9. The Morgan fingerprint density at radius 3 is 2.25 bits per heavy atom. The largest absolute Gasteiger partial charge is 0.508 e. The van der Waals surface area contributed by atoms with Crippen LogP contribution in [0, 0.1) is 17.6 Å². The minimum Gasteiger partial charge on any atom is -0.508 e. The van der Waals surface area contributed by atoms with Gasteiger partial charge in [-0.1, -0.05) is 0 Å². The average molecular weight is 384 g/mol. The van der Waals surface area contributed by atoms with Crippen LogP contribution < -0.4 is 0 Å². The fraction of sp³-hybridized carbons (Fsp3) is 0.409. The summed E-state index contributed by atoms with van der Waals surface area (Å²) in [7, 11) is 0. The molecule has 2 bridgehead atoms. The number of hydrogen-bond donors (Lipinski definition) is 1. The van der Waals surface area contributed by atoms with Crippen molar-refractivity contribution in [2.24, 2.45) is 5.92 Å². The first-order valence-corrected chi connectivity index (χ1v) is 9.81. The highest BCUT2D eigenvalue weighted by Gasteiger charge is 2.54. The zero-order chi connectivity index (χ0) is 19.4. The number of aromatic hydroxyl groups is 1. The van der Waals surface area contributed by atoms with Crippen molar-refractivity contribution in [1.82, 2.24) is 9.80 Å². The van der Waals surface area contributed by atoms with Gasteiger partial charge in [0.05, 0.1) is 6.04 Å². The first-order valence-electron chi connectivity index (χ1n) is 9.81. The molecule has 2 aromatic carbocycles. The molecule has 3 atom stereocenters. The molecule has 28 heavy (non-hydrogen) atoms. The zero-order valence-electron chi connectivity index (χ0n) is 15.4. The van der Waals surface area contributed by atoms with E-state index in [1.165, 1.54) is 24.3 Å². The van der Waals surface area contributed by atoms with Gasteiger partial charge in [0.15, 0.2) is 0 Å². The van der Waals surface area contributed by atoms with Gasteiger partial charge in [0.2, 0.25) is 0 Å². The maximum absolute atomic E-state index is 13.9. The molecule has 4 aliphatic heterocycles. The third-order valence-corrected chi connectivity index (χ3v) is 6.68. The number of piperidine rings is 3. The minimum absolute atomic E-state index is 0.0557. The number of hydrogen-bond acceptors (Lipinski definition) is 3. The lowest BCUT2D eigenvalue weighted by Crippen LogP contribution is -2.60. The van der Waals surface area contributed by atoms with Crippen molar-refractivity contribution in [3.8, 4) is 5.75 Å². The molecule has 4 fully saturated rings. The highest BCUT2D eigenvalue weighted by Crippen LogP contribution is 2.47. The van der Waals surface area contributed by atoms with E-state index in [9.17, 15) is 18.7 Å². The van der Waals surface area contributed by atoms with E-state index in [0.29, 0.717) is 23.6 Å². The smallest absolute Gasteiger partial charge is 0.254 e. The molecular formula is C22H22F2N2O2. The summed E-state index contributed by atoms with van der Waals surface area (Å²) in [6.45, 7) is 2.40. The molecule has 146 valence electrons. The lowest BCUT2D eigenvalue weighted by Gasteiger charge is -2.51. The minimum atomic E-state index is -0.578. The van der Waals surface area contributed by atoms with E-state index in [-0.39, 0.29) is 29.7 Å². The molecule has 0 saturated carbocycles. The second-order valence-corrected chi connectivity index (χ2v) is 8.17. The van der Waals surface area contributed by atoms with Gasteiger partial charge in [-0.15, -0.1) is 0 Å². The fourth-order valence-corrected chi connectivity index (χ4v) is 5.51. The Bertz CT molecular complexity index is 889. The van der Waals surface area contributed by atoms with Crippen LogP contribution in [0.25, 0.3) is 0 Å². The van der Waals surface area contributed by atoms with E-state index < -0.39 is 11.6 Å². The number of amides is 1. The van der Waals surface area contributed by atoms with Gasteiger partial charge >= 0.3 is 0 Å². The van der Waals surface area contributed by atoms with E-state index >= 15 is 0 Å². The summed E-state index contributed by atoms with van der Waals surface area (Å²) >= 11 is 0. The molecule has 6 heteroatoms. The van der Waals surface area contributed by atoms with Gasteiger partial charge in [-0.25, -0.2) is 8.78 Å². The molecular weight excluding hydrogens is 362 g/mol. The molecule has 4 aliphatic rings. The van der Waals surface area contributed by atoms with Crippen LogP contribution >= 0.6 is 0 Å². The highest BCUT2D eigenvalue weighted by molar-refractivity contribution is 5.95. The molecule has 1 amide bonds. The number of nitrogens with zero attached hydrogens (tertiary/aromatic N) is 2. The number of likely N-dealkylation sites (tertiary alicyclic amines) is 1. The van der Waals surface area contributed by atoms with E-state index in [0.717, 1.165) is 32.0 Å². The van der Waals surface area contributed by atoms with E-state index in [1.54, 1.807) is 12.1 Å². The second-order valence-electron chi connectivity index (χ2n) is 8.17. The van der Waals surface area contributed by atoms with Crippen LogP contribution in [-0.4, -0.2) is 52.5 Å². The van der Waals surface area contributed by atoms with Crippen molar-refractivity contribution < 1.29 is 18.7 Å². The van der Waals surface area contributed by atoms with Crippen molar-refractivity contribution in [3.05, 3.63) is 65.2 Å². The van der Waals surface area contributed by atoms with Gasteiger partial charge < -0.3 is 10.0 Å². The summed E-state index contributed by atoms with van der Waals surface area (Å²) in [4.78, 5) is 17.6. The van der Waals surface area contributed by atoms with Crippen molar-refractivity contribution in [1.29, 1.82) is 0 Å². The molecule has 1 N–H and O–H groups in total. The number of benzene rings is 2. The lowest BCUT2D eigenvalue weighted by atomic mass is 9.75. The molecule has 0 aromatic heterocycles. The third-order valence-electron chi connectivity index (χ3n) is 6.68. The van der Waals surface area contributed by atoms with Gasteiger partial charge in [-0.2, -0.15) is 0 Å².